The van der Waals surface area contributed by atoms with E-state index in [-0.39, 0.29) is 6.29 Å². The van der Waals surface area contributed by atoms with E-state index in [1.165, 1.54) is 32.7 Å². The summed E-state index contributed by atoms with van der Waals surface area (Å²) in [6.45, 7) is 5.50. The molecule has 25 heavy (non-hydrogen) atoms. The molecule has 1 aliphatic carbocycles. The van der Waals surface area contributed by atoms with Gasteiger partial charge in [-0.15, -0.1) is 0 Å². The molecule has 0 fully saturated rings. The van der Waals surface area contributed by atoms with Crippen molar-refractivity contribution in [3.63, 3.8) is 0 Å². The molecule has 1 aliphatic rings. The summed E-state index contributed by atoms with van der Waals surface area (Å²) in [4.78, 5) is 0. The molecule has 1 atom stereocenters. The zero-order valence-corrected chi connectivity index (χ0v) is 15.1. The van der Waals surface area contributed by atoms with Crippen LogP contribution in [0.1, 0.15) is 31.4 Å². The van der Waals surface area contributed by atoms with E-state index in [0.717, 1.165) is 19.3 Å². The molecule has 0 N–H and O–H groups in total. The first-order chi connectivity index (χ1) is 12.3. The summed E-state index contributed by atoms with van der Waals surface area (Å²) < 4.78 is 11.7. The van der Waals surface area contributed by atoms with Crippen molar-refractivity contribution in [2.24, 2.45) is 5.92 Å². The number of fused-ring (bicyclic) bond motifs is 5. The van der Waals surface area contributed by atoms with E-state index in [1.807, 2.05) is 13.8 Å². The van der Waals surface area contributed by atoms with Crippen molar-refractivity contribution in [3.05, 3.63) is 59.7 Å². The summed E-state index contributed by atoms with van der Waals surface area (Å²) >= 11 is 0. The summed E-state index contributed by atoms with van der Waals surface area (Å²) in [5, 5.41) is 5.46. The monoisotopic (exact) mass is 334 g/mol. The van der Waals surface area contributed by atoms with Crippen molar-refractivity contribution >= 4 is 21.5 Å². The van der Waals surface area contributed by atoms with Crippen molar-refractivity contribution in [2.45, 2.75) is 39.4 Å². The Bertz CT molecular complexity index is 878. The van der Waals surface area contributed by atoms with Gasteiger partial charge in [0.25, 0.3) is 0 Å². The third-order valence-corrected chi connectivity index (χ3v) is 5.43. The summed E-state index contributed by atoms with van der Waals surface area (Å²) in [7, 11) is 0. The first-order valence-electron chi connectivity index (χ1n) is 9.47. The molecule has 0 spiro atoms. The van der Waals surface area contributed by atoms with Crippen LogP contribution in [0.3, 0.4) is 0 Å². The molecule has 0 aromatic heterocycles. The third kappa shape index (κ3) is 3.05. The Labute approximate surface area is 149 Å². The predicted octanol–water partition coefficient (Wildman–Crippen LogP) is 5.50. The normalized spacial score (nSPS) is 17.3. The number of hydrogen-bond donors (Lipinski definition) is 0. The van der Waals surface area contributed by atoms with Crippen LogP contribution in [0.15, 0.2) is 48.5 Å². The minimum absolute atomic E-state index is 0.0737. The lowest BCUT2D eigenvalue weighted by atomic mass is 9.80. The van der Waals surface area contributed by atoms with Crippen LogP contribution in [0.4, 0.5) is 0 Å². The van der Waals surface area contributed by atoms with Crippen LogP contribution in [0.2, 0.25) is 0 Å². The summed E-state index contributed by atoms with van der Waals surface area (Å²) in [5.74, 6) is 0.449. The fourth-order valence-electron chi connectivity index (χ4n) is 4.28. The third-order valence-electron chi connectivity index (χ3n) is 5.43. The highest BCUT2D eigenvalue weighted by Gasteiger charge is 2.28. The summed E-state index contributed by atoms with van der Waals surface area (Å²) in [6, 6.07) is 17.9. The fourth-order valence-corrected chi connectivity index (χ4v) is 4.28. The van der Waals surface area contributed by atoms with Crippen molar-refractivity contribution in [1.29, 1.82) is 0 Å². The van der Waals surface area contributed by atoms with E-state index in [2.05, 4.69) is 48.5 Å². The molecule has 2 nitrogen and oxygen atoms in total. The molecular weight excluding hydrogens is 308 g/mol. The largest absolute Gasteiger partial charge is 0.353 e. The molecule has 0 bridgehead atoms. The highest BCUT2D eigenvalue weighted by atomic mass is 16.7. The predicted molar refractivity (Wildman–Crippen MR) is 104 cm³/mol. The Hall–Kier alpha value is -1.90. The van der Waals surface area contributed by atoms with Gasteiger partial charge in [0.05, 0.1) is 0 Å². The number of aryl methyl sites for hydroxylation is 1. The molecule has 0 saturated heterocycles. The van der Waals surface area contributed by atoms with Crippen LogP contribution in [0, 0.1) is 5.92 Å². The fraction of sp³-hybridized carbons (Fsp3) is 0.391. The maximum absolute atomic E-state index is 5.86. The molecule has 3 aromatic rings. The molecule has 0 saturated carbocycles. The van der Waals surface area contributed by atoms with Gasteiger partial charge in [0.2, 0.25) is 0 Å². The second-order valence-corrected chi connectivity index (χ2v) is 6.87. The standard InChI is InChI=1S/C23H26O2/c1-3-24-23(25-4-2)18-11-12-20-17(15-18)10-14-21-19-8-6-5-7-16(19)9-13-22(20)21/h5-10,13-14,18,23H,3-4,11-12,15H2,1-2H3. The minimum Gasteiger partial charge on any atom is -0.353 e. The molecule has 0 heterocycles. The highest BCUT2D eigenvalue weighted by Crippen LogP contribution is 2.36. The molecule has 3 aromatic carbocycles. The lowest BCUT2D eigenvalue weighted by Crippen LogP contribution is -2.31. The van der Waals surface area contributed by atoms with E-state index in [4.69, 9.17) is 9.47 Å². The number of rotatable bonds is 5. The van der Waals surface area contributed by atoms with Crippen LogP contribution < -0.4 is 0 Å². The quantitative estimate of drug-likeness (QED) is 0.453. The zero-order chi connectivity index (χ0) is 17.2. The van der Waals surface area contributed by atoms with Gasteiger partial charge in [-0.3, -0.25) is 0 Å². The maximum atomic E-state index is 5.86. The van der Waals surface area contributed by atoms with Crippen LogP contribution >= 0.6 is 0 Å². The van der Waals surface area contributed by atoms with E-state index in [1.54, 1.807) is 0 Å². The highest BCUT2D eigenvalue weighted by molar-refractivity contribution is 6.08. The number of ether oxygens (including phenoxy) is 2. The molecule has 0 aliphatic heterocycles. The lowest BCUT2D eigenvalue weighted by molar-refractivity contribution is -0.169. The Morgan fingerprint density at radius 2 is 1.64 bits per heavy atom. The zero-order valence-electron chi connectivity index (χ0n) is 15.1. The van der Waals surface area contributed by atoms with Crippen molar-refractivity contribution in [2.75, 3.05) is 13.2 Å². The van der Waals surface area contributed by atoms with Gasteiger partial charge in [-0.05, 0) is 65.8 Å². The maximum Gasteiger partial charge on any atom is 0.160 e. The van der Waals surface area contributed by atoms with Crippen molar-refractivity contribution < 1.29 is 9.47 Å². The SMILES string of the molecule is CCOC(OCC)C1CCc2c(ccc3c2ccc2ccccc23)C1. The number of hydrogen-bond acceptors (Lipinski definition) is 2. The van der Waals surface area contributed by atoms with Crippen molar-refractivity contribution in [1.82, 2.24) is 0 Å². The lowest BCUT2D eigenvalue weighted by Gasteiger charge is -2.31. The molecule has 0 amide bonds. The van der Waals surface area contributed by atoms with Gasteiger partial charge in [-0.2, -0.15) is 0 Å². The topological polar surface area (TPSA) is 18.5 Å². The number of benzene rings is 3. The Morgan fingerprint density at radius 1 is 0.880 bits per heavy atom. The minimum atomic E-state index is -0.0737. The van der Waals surface area contributed by atoms with Gasteiger partial charge >= 0.3 is 0 Å². The first kappa shape index (κ1) is 16.6. The molecule has 130 valence electrons. The molecule has 0 radical (unpaired) electrons. The van der Waals surface area contributed by atoms with Gasteiger partial charge < -0.3 is 9.47 Å². The van der Waals surface area contributed by atoms with Gasteiger partial charge in [-0.1, -0.05) is 48.5 Å². The van der Waals surface area contributed by atoms with Gasteiger partial charge in [-0.25, -0.2) is 0 Å². The van der Waals surface area contributed by atoms with Crippen LogP contribution in [-0.2, 0) is 22.3 Å². The Morgan fingerprint density at radius 3 is 2.44 bits per heavy atom. The van der Waals surface area contributed by atoms with Crippen molar-refractivity contribution in [3.8, 4) is 0 Å². The van der Waals surface area contributed by atoms with Crippen LogP contribution in [-0.4, -0.2) is 19.5 Å². The molecule has 4 rings (SSSR count). The molecule has 1 unspecified atom stereocenters. The van der Waals surface area contributed by atoms with Gasteiger partial charge in [0, 0.05) is 19.1 Å². The summed E-state index contributed by atoms with van der Waals surface area (Å²) in [5.41, 5.74) is 2.98. The van der Waals surface area contributed by atoms with Crippen LogP contribution in [0.25, 0.3) is 21.5 Å². The second kappa shape index (κ2) is 7.15. The van der Waals surface area contributed by atoms with E-state index in [9.17, 15) is 0 Å². The second-order valence-electron chi connectivity index (χ2n) is 6.87. The van der Waals surface area contributed by atoms with Gasteiger partial charge in [0.15, 0.2) is 6.29 Å². The average molecular weight is 334 g/mol. The van der Waals surface area contributed by atoms with Gasteiger partial charge in [0.1, 0.15) is 0 Å². The average Bonchev–Trinajstić information content (AvgIpc) is 2.67. The van der Waals surface area contributed by atoms with Crippen LogP contribution in [0.5, 0.6) is 0 Å². The van der Waals surface area contributed by atoms with E-state index >= 15 is 0 Å². The Balaban J connectivity index is 1.72. The van der Waals surface area contributed by atoms with E-state index in [0.29, 0.717) is 19.1 Å². The smallest absolute Gasteiger partial charge is 0.160 e. The molecular formula is C23H26O2. The molecule has 2 heteroatoms. The Kier molecular flexibility index (Phi) is 4.74. The summed E-state index contributed by atoms with van der Waals surface area (Å²) in [6.07, 6.45) is 3.20. The van der Waals surface area contributed by atoms with E-state index < -0.39 is 0 Å². The first-order valence-corrected chi connectivity index (χ1v) is 9.47.